The van der Waals surface area contributed by atoms with Gasteiger partial charge < -0.3 is 9.15 Å². The van der Waals surface area contributed by atoms with Gasteiger partial charge in [0.15, 0.2) is 0 Å². The maximum Gasteiger partial charge on any atom is 0.416 e. The summed E-state index contributed by atoms with van der Waals surface area (Å²) in [5, 5.41) is 1.74. The number of nitrogens with one attached hydrogen (secondary N) is 1. The van der Waals surface area contributed by atoms with Crippen molar-refractivity contribution < 1.29 is 31.9 Å². The van der Waals surface area contributed by atoms with Crippen LogP contribution in [0.15, 0.2) is 28.7 Å². The van der Waals surface area contributed by atoms with E-state index in [2.05, 4.69) is 10.3 Å². The first-order valence-corrected chi connectivity index (χ1v) is 11.8. The second kappa shape index (κ2) is 9.89. The lowest BCUT2D eigenvalue weighted by atomic mass is 9.84. The van der Waals surface area contributed by atoms with Gasteiger partial charge in [-0.2, -0.15) is 13.2 Å². The number of aryl methyl sites for hydroxylation is 1. The summed E-state index contributed by atoms with van der Waals surface area (Å²) in [6.45, 7) is 1.94. The normalized spacial score (nSPS) is 23.7. The third kappa shape index (κ3) is 5.97. The summed E-state index contributed by atoms with van der Waals surface area (Å²) in [4.78, 5) is 27.4. The minimum atomic E-state index is -4.43. The predicted octanol–water partition coefficient (Wildman–Crippen LogP) is 5.88. The van der Waals surface area contributed by atoms with Gasteiger partial charge in [0.05, 0.1) is 23.5 Å². The summed E-state index contributed by atoms with van der Waals surface area (Å²) in [6.07, 6.45) is 1.01. The smallest absolute Gasteiger partial charge is 0.416 e. The molecular formula is C23H25F3N2O4S. The van der Waals surface area contributed by atoms with E-state index in [-0.39, 0.29) is 40.6 Å². The Balaban J connectivity index is 1.31. The Kier molecular flexibility index (Phi) is 7.13. The fourth-order valence-electron chi connectivity index (χ4n) is 4.34. The van der Waals surface area contributed by atoms with Crippen molar-refractivity contribution in [2.24, 2.45) is 5.92 Å². The zero-order valence-corrected chi connectivity index (χ0v) is 18.9. The number of hydrogen-bond acceptors (Lipinski definition) is 6. The van der Waals surface area contributed by atoms with E-state index in [0.29, 0.717) is 23.8 Å². The van der Waals surface area contributed by atoms with Crippen molar-refractivity contribution in [2.45, 2.75) is 69.6 Å². The van der Waals surface area contributed by atoms with Gasteiger partial charge in [-0.05, 0) is 56.7 Å². The molecule has 1 aliphatic carbocycles. The minimum Gasteiger partial charge on any atom is -0.441 e. The van der Waals surface area contributed by atoms with E-state index in [9.17, 15) is 22.8 Å². The van der Waals surface area contributed by atoms with Crippen molar-refractivity contribution >= 4 is 22.9 Å². The maximum atomic E-state index is 13.0. The SMILES string of the molecule is Cc1oc(-c2cccc(C(F)(F)F)c2)nc1CO[C@H]1CCC[C@@H](CCC2SC(=O)NC2=O)C1. The second-order valence-electron chi connectivity index (χ2n) is 8.53. The standard InChI is InChI=1S/C23H25F3N2O4S/c1-13-18(27-21(32-13)15-5-3-6-16(11-15)23(24,25)26)12-31-17-7-2-4-14(10-17)8-9-19-20(29)28-22(30)33-19/h3,5-6,11,14,17,19H,2,4,7-10,12H2,1H3,(H,28,29,30)/t14-,17-,19?/m0/s1. The van der Waals surface area contributed by atoms with Crippen molar-refractivity contribution in [3.63, 3.8) is 0 Å². The van der Waals surface area contributed by atoms with E-state index in [0.717, 1.165) is 56.0 Å². The van der Waals surface area contributed by atoms with Crippen molar-refractivity contribution in [1.82, 2.24) is 10.3 Å². The molecule has 0 bridgehead atoms. The van der Waals surface area contributed by atoms with Crippen molar-refractivity contribution in [1.29, 1.82) is 0 Å². The Morgan fingerprint density at radius 2 is 2.06 bits per heavy atom. The van der Waals surface area contributed by atoms with Crippen LogP contribution in [0.25, 0.3) is 11.5 Å². The molecule has 1 saturated carbocycles. The van der Waals surface area contributed by atoms with Crippen LogP contribution in [-0.2, 0) is 22.3 Å². The number of carbonyl (C=O) groups is 2. The van der Waals surface area contributed by atoms with E-state index < -0.39 is 11.7 Å². The molecule has 2 fully saturated rings. The fourth-order valence-corrected chi connectivity index (χ4v) is 5.17. The number of carbonyl (C=O) groups excluding carboxylic acids is 2. The molecule has 6 nitrogen and oxygen atoms in total. The Morgan fingerprint density at radius 3 is 2.79 bits per heavy atom. The van der Waals surface area contributed by atoms with E-state index in [4.69, 9.17) is 9.15 Å². The van der Waals surface area contributed by atoms with E-state index in [1.54, 1.807) is 6.92 Å². The van der Waals surface area contributed by atoms with Gasteiger partial charge in [0.25, 0.3) is 5.24 Å². The summed E-state index contributed by atoms with van der Waals surface area (Å²) in [7, 11) is 0. The molecule has 2 aromatic rings. The molecule has 3 atom stereocenters. The monoisotopic (exact) mass is 482 g/mol. The van der Waals surface area contributed by atoms with Crippen LogP contribution in [0.2, 0.25) is 0 Å². The molecule has 2 heterocycles. The van der Waals surface area contributed by atoms with Gasteiger partial charge in [-0.15, -0.1) is 0 Å². The highest BCUT2D eigenvalue weighted by molar-refractivity contribution is 8.15. The van der Waals surface area contributed by atoms with Crippen LogP contribution in [0.5, 0.6) is 0 Å². The average molecular weight is 483 g/mol. The molecule has 1 aromatic heterocycles. The molecular weight excluding hydrogens is 457 g/mol. The molecule has 4 rings (SSSR count). The first-order valence-electron chi connectivity index (χ1n) is 11.0. The van der Waals surface area contributed by atoms with Crippen molar-refractivity contribution in [3.05, 3.63) is 41.3 Å². The first-order chi connectivity index (χ1) is 15.7. The molecule has 1 unspecified atom stereocenters. The van der Waals surface area contributed by atoms with Crippen LogP contribution in [0.4, 0.5) is 18.0 Å². The summed E-state index contributed by atoms with van der Waals surface area (Å²) in [5.41, 5.74) is 0.0889. The number of nitrogens with zero attached hydrogens (tertiary/aromatic N) is 1. The van der Waals surface area contributed by atoms with Gasteiger partial charge >= 0.3 is 6.18 Å². The highest BCUT2D eigenvalue weighted by Gasteiger charge is 2.33. The Hall–Kier alpha value is -2.33. The van der Waals surface area contributed by atoms with Crippen LogP contribution in [0.1, 0.15) is 55.5 Å². The molecule has 0 spiro atoms. The van der Waals surface area contributed by atoms with Crippen LogP contribution >= 0.6 is 11.8 Å². The molecule has 1 N–H and O–H groups in total. The number of alkyl halides is 3. The fraction of sp³-hybridized carbons (Fsp3) is 0.522. The molecule has 1 aromatic carbocycles. The summed E-state index contributed by atoms with van der Waals surface area (Å²) in [6, 6.07) is 4.91. The van der Waals surface area contributed by atoms with Crippen LogP contribution < -0.4 is 5.32 Å². The zero-order valence-electron chi connectivity index (χ0n) is 18.1. The number of hydrogen-bond donors (Lipinski definition) is 1. The molecule has 178 valence electrons. The predicted molar refractivity (Wildman–Crippen MR) is 116 cm³/mol. The van der Waals surface area contributed by atoms with E-state index in [1.165, 1.54) is 12.1 Å². The van der Waals surface area contributed by atoms with Crippen LogP contribution in [0, 0.1) is 12.8 Å². The van der Waals surface area contributed by atoms with Crippen LogP contribution in [0.3, 0.4) is 0 Å². The number of aromatic nitrogens is 1. The van der Waals surface area contributed by atoms with E-state index >= 15 is 0 Å². The highest BCUT2D eigenvalue weighted by atomic mass is 32.2. The number of amides is 2. The number of benzene rings is 1. The molecule has 0 radical (unpaired) electrons. The number of rotatable bonds is 7. The summed E-state index contributed by atoms with van der Waals surface area (Å²) in [5.74, 6) is 0.878. The molecule has 33 heavy (non-hydrogen) atoms. The summed E-state index contributed by atoms with van der Waals surface area (Å²) < 4.78 is 50.7. The Bertz CT molecular complexity index is 1020. The summed E-state index contributed by atoms with van der Waals surface area (Å²) >= 11 is 1.06. The van der Waals surface area contributed by atoms with Gasteiger partial charge in [0.2, 0.25) is 11.8 Å². The van der Waals surface area contributed by atoms with Crippen molar-refractivity contribution in [2.75, 3.05) is 0 Å². The number of halogens is 3. The second-order valence-corrected chi connectivity index (χ2v) is 9.70. The topological polar surface area (TPSA) is 81.4 Å². The molecule has 2 aliphatic rings. The number of ether oxygens (including phenoxy) is 1. The lowest BCUT2D eigenvalue weighted by Crippen LogP contribution is -2.26. The molecule has 2 amide bonds. The highest BCUT2D eigenvalue weighted by Crippen LogP contribution is 2.34. The minimum absolute atomic E-state index is 0.0450. The number of thioether (sulfide) groups is 1. The quantitative estimate of drug-likeness (QED) is 0.531. The third-order valence-corrected chi connectivity index (χ3v) is 7.17. The Labute approximate surface area is 193 Å². The van der Waals surface area contributed by atoms with Gasteiger partial charge in [-0.1, -0.05) is 30.7 Å². The number of imide groups is 1. The van der Waals surface area contributed by atoms with E-state index in [1.807, 2.05) is 0 Å². The lowest BCUT2D eigenvalue weighted by Gasteiger charge is -2.29. The zero-order chi connectivity index (χ0) is 23.6. The Morgan fingerprint density at radius 1 is 1.24 bits per heavy atom. The van der Waals surface area contributed by atoms with Gasteiger partial charge in [0.1, 0.15) is 11.5 Å². The first kappa shape index (κ1) is 23.8. The van der Waals surface area contributed by atoms with Gasteiger partial charge in [0, 0.05) is 5.56 Å². The molecule has 10 heteroatoms. The largest absolute Gasteiger partial charge is 0.441 e. The molecule has 1 saturated heterocycles. The maximum absolute atomic E-state index is 13.0. The molecule has 1 aliphatic heterocycles. The van der Waals surface area contributed by atoms with Crippen LogP contribution in [-0.4, -0.2) is 27.5 Å². The van der Waals surface area contributed by atoms with Crippen molar-refractivity contribution in [3.8, 4) is 11.5 Å². The third-order valence-electron chi connectivity index (χ3n) is 6.12. The van der Waals surface area contributed by atoms with Gasteiger partial charge in [-0.3, -0.25) is 14.9 Å². The average Bonchev–Trinajstić information content (AvgIpc) is 3.31. The van der Waals surface area contributed by atoms with Gasteiger partial charge in [-0.25, -0.2) is 4.98 Å². The number of oxazole rings is 1. The lowest BCUT2D eigenvalue weighted by molar-refractivity contribution is -0.137.